The van der Waals surface area contributed by atoms with Crippen LogP contribution >= 0.6 is 0 Å². The summed E-state index contributed by atoms with van der Waals surface area (Å²) in [5.74, 6) is 0. The van der Waals surface area contributed by atoms with Crippen LogP contribution < -0.4 is 9.80 Å². The van der Waals surface area contributed by atoms with E-state index in [1.165, 1.54) is 32.3 Å². The second-order valence-corrected chi connectivity index (χ2v) is 14.6. The van der Waals surface area contributed by atoms with Crippen molar-refractivity contribution in [2.75, 3.05) is 9.80 Å². The summed E-state index contributed by atoms with van der Waals surface area (Å²) in [7, 11) is 0. The van der Waals surface area contributed by atoms with E-state index >= 15 is 0 Å². The zero-order valence-corrected chi connectivity index (χ0v) is 30.2. The Hall–Kier alpha value is -7.56. The Morgan fingerprint density at radius 2 is 0.607 bits per heavy atom. The maximum absolute atomic E-state index is 6.21. The first kappa shape index (κ1) is 30.9. The summed E-state index contributed by atoms with van der Waals surface area (Å²) in [6.45, 7) is 0. The number of furan rings is 2. The average Bonchev–Trinajstić information content (AvgIpc) is 3.82. The van der Waals surface area contributed by atoms with Crippen molar-refractivity contribution >= 4 is 110 Å². The monoisotopic (exact) mass is 716 g/mol. The first-order valence-electron chi connectivity index (χ1n) is 19.0. The standard InChI is InChI=1S/C52H32N2O2/c1-3-11-37(12-4-1)53(39-23-25-49-45(31-39)43-15-7-9-17-47(43)55-49)41-27-33-19-21-35-29-42(30-36-22-20-34(28-41)51(33)52(35)36)54(38-13-5-2-6-14-38)40-24-26-50-46(32-40)44-16-8-10-18-48(44)56-50/h1-32H. The molecule has 0 bridgehead atoms. The SMILES string of the molecule is c1ccc(N(c2cc3ccc4cc(N(c5ccccc5)c5ccc6oc7ccccc7c6c5)cc5ccc(c2)c3c45)c2ccc3oc4ccccc4c3c2)cc1. The molecule has 12 rings (SSSR count). The molecule has 0 aliphatic rings. The number of benzene rings is 10. The summed E-state index contributed by atoms with van der Waals surface area (Å²) < 4.78 is 12.4. The van der Waals surface area contributed by atoms with Crippen LogP contribution in [-0.2, 0) is 0 Å². The van der Waals surface area contributed by atoms with Gasteiger partial charge in [0.05, 0.1) is 0 Å². The Labute approximate surface area is 322 Å². The smallest absolute Gasteiger partial charge is 0.135 e. The van der Waals surface area contributed by atoms with Crippen molar-refractivity contribution in [1.29, 1.82) is 0 Å². The molecule has 56 heavy (non-hydrogen) atoms. The van der Waals surface area contributed by atoms with Gasteiger partial charge in [-0.15, -0.1) is 0 Å². The number of fused-ring (bicyclic) bond motifs is 6. The van der Waals surface area contributed by atoms with Gasteiger partial charge in [0.15, 0.2) is 0 Å². The molecule has 0 unspecified atom stereocenters. The highest BCUT2D eigenvalue weighted by Crippen LogP contribution is 2.46. The second kappa shape index (κ2) is 12.0. The van der Waals surface area contributed by atoms with Gasteiger partial charge in [0.25, 0.3) is 0 Å². The van der Waals surface area contributed by atoms with Crippen LogP contribution in [0.2, 0.25) is 0 Å². The zero-order chi connectivity index (χ0) is 36.7. The minimum atomic E-state index is 0.888. The number of anilines is 6. The van der Waals surface area contributed by atoms with Crippen LogP contribution in [0.4, 0.5) is 34.1 Å². The first-order chi connectivity index (χ1) is 27.7. The van der Waals surface area contributed by atoms with Crippen LogP contribution in [0, 0.1) is 0 Å². The van der Waals surface area contributed by atoms with Gasteiger partial charge in [-0.05, 0) is 129 Å². The van der Waals surface area contributed by atoms with E-state index in [2.05, 4.69) is 180 Å². The van der Waals surface area contributed by atoms with Crippen molar-refractivity contribution in [1.82, 2.24) is 0 Å². The molecular formula is C52H32N2O2. The fourth-order valence-electron chi connectivity index (χ4n) is 8.82. The van der Waals surface area contributed by atoms with Crippen molar-refractivity contribution < 1.29 is 8.83 Å². The van der Waals surface area contributed by atoms with Crippen LogP contribution in [0.5, 0.6) is 0 Å². The molecule has 4 nitrogen and oxygen atoms in total. The van der Waals surface area contributed by atoms with Crippen LogP contribution in [0.25, 0.3) is 76.2 Å². The van der Waals surface area contributed by atoms with Gasteiger partial charge in [-0.25, -0.2) is 0 Å². The summed E-state index contributed by atoms with van der Waals surface area (Å²) in [4.78, 5) is 4.71. The van der Waals surface area contributed by atoms with E-state index in [0.29, 0.717) is 0 Å². The molecule has 2 heterocycles. The summed E-state index contributed by atoms with van der Waals surface area (Å²) in [5.41, 5.74) is 10.1. The lowest BCUT2D eigenvalue weighted by atomic mass is 9.92. The normalized spacial score (nSPS) is 11.9. The third-order valence-corrected chi connectivity index (χ3v) is 11.3. The lowest BCUT2D eigenvalue weighted by Crippen LogP contribution is -2.10. The van der Waals surface area contributed by atoms with Crippen molar-refractivity contribution in [2.24, 2.45) is 0 Å². The number of nitrogens with zero attached hydrogens (tertiary/aromatic N) is 2. The fraction of sp³-hybridized carbons (Fsp3) is 0. The Balaban J connectivity index is 1.02. The van der Waals surface area contributed by atoms with Crippen molar-refractivity contribution in [2.45, 2.75) is 0 Å². The van der Waals surface area contributed by atoms with Crippen LogP contribution in [0.15, 0.2) is 203 Å². The highest BCUT2D eigenvalue weighted by Gasteiger charge is 2.20. The molecule has 2 aromatic heterocycles. The van der Waals surface area contributed by atoms with Gasteiger partial charge in [0, 0.05) is 55.7 Å². The first-order valence-corrected chi connectivity index (χ1v) is 19.0. The van der Waals surface area contributed by atoms with E-state index in [1.807, 2.05) is 24.3 Å². The Morgan fingerprint density at radius 1 is 0.250 bits per heavy atom. The third-order valence-electron chi connectivity index (χ3n) is 11.3. The Bertz CT molecular complexity index is 3140. The molecule has 0 saturated heterocycles. The molecule has 0 atom stereocenters. The lowest BCUT2D eigenvalue weighted by molar-refractivity contribution is 0.668. The molecule has 12 aromatic rings. The topological polar surface area (TPSA) is 32.8 Å². The Morgan fingerprint density at radius 3 is 1.02 bits per heavy atom. The van der Waals surface area contributed by atoms with Crippen LogP contribution in [0.1, 0.15) is 0 Å². The highest BCUT2D eigenvalue weighted by atomic mass is 16.3. The predicted octanol–water partition coefficient (Wildman–Crippen LogP) is 15.3. The zero-order valence-electron chi connectivity index (χ0n) is 30.2. The molecule has 0 saturated carbocycles. The molecule has 0 amide bonds. The molecule has 0 radical (unpaired) electrons. The molecule has 0 spiro atoms. The van der Waals surface area contributed by atoms with E-state index in [0.717, 1.165) is 78.0 Å². The minimum absolute atomic E-state index is 0.888. The van der Waals surface area contributed by atoms with Gasteiger partial charge >= 0.3 is 0 Å². The third kappa shape index (κ3) is 4.73. The van der Waals surface area contributed by atoms with E-state index in [1.54, 1.807) is 0 Å². The lowest BCUT2D eigenvalue weighted by Gasteiger charge is -2.27. The minimum Gasteiger partial charge on any atom is -0.456 e. The maximum atomic E-state index is 6.21. The van der Waals surface area contributed by atoms with Crippen molar-refractivity contribution in [3.05, 3.63) is 194 Å². The summed E-state index contributed by atoms with van der Waals surface area (Å²) in [6, 6.07) is 69.3. The highest BCUT2D eigenvalue weighted by molar-refractivity contribution is 6.25. The predicted molar refractivity (Wildman–Crippen MR) is 234 cm³/mol. The van der Waals surface area contributed by atoms with E-state index < -0.39 is 0 Å². The molecule has 0 aliphatic heterocycles. The van der Waals surface area contributed by atoms with Crippen LogP contribution in [-0.4, -0.2) is 0 Å². The Kier molecular flexibility index (Phi) is 6.60. The summed E-state index contributed by atoms with van der Waals surface area (Å²) >= 11 is 0. The van der Waals surface area contributed by atoms with Crippen molar-refractivity contribution in [3.8, 4) is 0 Å². The van der Waals surface area contributed by atoms with Gasteiger partial charge in [-0.3, -0.25) is 0 Å². The van der Waals surface area contributed by atoms with Crippen molar-refractivity contribution in [3.63, 3.8) is 0 Å². The number of rotatable bonds is 6. The number of hydrogen-bond acceptors (Lipinski definition) is 4. The molecular weight excluding hydrogens is 685 g/mol. The fourth-order valence-corrected chi connectivity index (χ4v) is 8.82. The number of para-hydroxylation sites is 4. The van der Waals surface area contributed by atoms with E-state index in [9.17, 15) is 0 Å². The van der Waals surface area contributed by atoms with Gasteiger partial charge in [0.1, 0.15) is 22.3 Å². The number of hydrogen-bond donors (Lipinski definition) is 0. The average molecular weight is 717 g/mol. The molecule has 10 aromatic carbocycles. The summed E-state index contributed by atoms with van der Waals surface area (Å²) in [6.07, 6.45) is 0. The largest absolute Gasteiger partial charge is 0.456 e. The van der Waals surface area contributed by atoms with Crippen LogP contribution in [0.3, 0.4) is 0 Å². The van der Waals surface area contributed by atoms with E-state index in [-0.39, 0.29) is 0 Å². The molecule has 262 valence electrons. The quantitative estimate of drug-likeness (QED) is 0.160. The van der Waals surface area contributed by atoms with Gasteiger partial charge in [0.2, 0.25) is 0 Å². The maximum Gasteiger partial charge on any atom is 0.135 e. The summed E-state index contributed by atoms with van der Waals surface area (Å²) in [5, 5.41) is 11.8. The molecule has 0 fully saturated rings. The molecule has 0 N–H and O–H groups in total. The van der Waals surface area contributed by atoms with E-state index in [4.69, 9.17) is 8.83 Å². The molecule has 4 heteroatoms. The van der Waals surface area contributed by atoms with Gasteiger partial charge < -0.3 is 18.6 Å². The second-order valence-electron chi connectivity index (χ2n) is 14.6. The van der Waals surface area contributed by atoms with Gasteiger partial charge in [-0.1, -0.05) is 97.1 Å². The molecule has 0 aliphatic carbocycles. The van der Waals surface area contributed by atoms with Gasteiger partial charge in [-0.2, -0.15) is 0 Å².